The zero-order chi connectivity index (χ0) is 11.0. The lowest BCUT2D eigenvalue weighted by Crippen LogP contribution is -2.26. The van der Waals surface area contributed by atoms with E-state index in [1.54, 1.807) is 0 Å². The number of nitrogens with two attached hydrogens (primary N) is 4. The molecule has 0 rings (SSSR count). The number of amides is 1. The average Bonchev–Trinajstić information content (AvgIpc) is 2.01. The molecule has 7 heteroatoms. The topological polar surface area (TPSA) is 146 Å². The van der Waals surface area contributed by atoms with Crippen molar-refractivity contribution in [2.45, 2.75) is 19.3 Å². The lowest BCUT2D eigenvalue weighted by Gasteiger charge is -1.96. The molecule has 0 aliphatic rings. The molecule has 0 unspecified atom stereocenters. The fourth-order valence-corrected chi connectivity index (χ4v) is 0.772. The summed E-state index contributed by atoms with van der Waals surface area (Å²) in [6.07, 6.45) is 1.77. The van der Waals surface area contributed by atoms with Gasteiger partial charge in [-0.3, -0.25) is 9.79 Å². The first-order valence-electron chi connectivity index (χ1n) is 4.20. The van der Waals surface area contributed by atoms with Crippen molar-refractivity contribution in [2.75, 3.05) is 6.54 Å². The molecule has 80 valence electrons. The number of guanidine groups is 2. The highest BCUT2D eigenvalue weighted by Crippen LogP contribution is 1.94. The van der Waals surface area contributed by atoms with Crippen LogP contribution in [-0.2, 0) is 4.79 Å². The van der Waals surface area contributed by atoms with E-state index in [1.165, 1.54) is 0 Å². The monoisotopic (exact) mass is 200 g/mol. The van der Waals surface area contributed by atoms with E-state index in [1.807, 2.05) is 0 Å². The van der Waals surface area contributed by atoms with Gasteiger partial charge in [-0.2, -0.15) is 4.99 Å². The molecule has 0 radical (unpaired) electrons. The highest BCUT2D eigenvalue weighted by atomic mass is 16.1. The molecule has 0 spiro atoms. The van der Waals surface area contributed by atoms with Crippen molar-refractivity contribution >= 4 is 17.8 Å². The minimum Gasteiger partial charge on any atom is -0.370 e. The highest BCUT2D eigenvalue weighted by Gasteiger charge is 1.94. The Balaban J connectivity index is 3.61. The van der Waals surface area contributed by atoms with E-state index in [0.717, 1.165) is 6.42 Å². The minimum atomic E-state index is -0.314. The highest BCUT2D eigenvalue weighted by molar-refractivity contribution is 5.92. The number of aliphatic imine (C=N–C) groups is 2. The van der Waals surface area contributed by atoms with Crippen LogP contribution >= 0.6 is 0 Å². The second kappa shape index (κ2) is 6.70. The smallest absolute Gasteiger partial charge is 0.218 e. The van der Waals surface area contributed by atoms with Crippen molar-refractivity contribution in [2.24, 2.45) is 32.9 Å². The molecular weight excluding hydrogens is 184 g/mol. The first kappa shape index (κ1) is 12.2. The SMILES string of the molecule is NC(=O)CCCCN=C(N)N=C(N)N. The molecular formula is C7H16N6O. The van der Waals surface area contributed by atoms with Crippen molar-refractivity contribution in [3.63, 3.8) is 0 Å². The third kappa shape index (κ3) is 8.31. The summed E-state index contributed by atoms with van der Waals surface area (Å²) < 4.78 is 0. The van der Waals surface area contributed by atoms with Crippen LogP contribution in [0.15, 0.2) is 9.98 Å². The summed E-state index contributed by atoms with van der Waals surface area (Å²) in [4.78, 5) is 17.7. The molecule has 7 nitrogen and oxygen atoms in total. The average molecular weight is 200 g/mol. The van der Waals surface area contributed by atoms with Gasteiger partial charge in [0.1, 0.15) is 0 Å². The lowest BCUT2D eigenvalue weighted by atomic mass is 10.2. The second-order valence-corrected chi connectivity index (χ2v) is 2.70. The minimum absolute atomic E-state index is 0.0454. The number of carbonyl (C=O) groups is 1. The fraction of sp³-hybridized carbons (Fsp3) is 0.571. The van der Waals surface area contributed by atoms with Crippen molar-refractivity contribution in [3.8, 4) is 0 Å². The Kier molecular flexibility index (Phi) is 5.84. The number of primary amides is 1. The molecule has 0 aromatic heterocycles. The predicted octanol–water partition coefficient (Wildman–Crippen LogP) is -1.77. The predicted molar refractivity (Wildman–Crippen MR) is 55.3 cm³/mol. The largest absolute Gasteiger partial charge is 0.370 e. The normalized spacial score (nSPS) is 11.0. The van der Waals surface area contributed by atoms with Crippen LogP contribution in [0.4, 0.5) is 0 Å². The van der Waals surface area contributed by atoms with E-state index >= 15 is 0 Å². The molecule has 14 heavy (non-hydrogen) atoms. The molecule has 0 saturated heterocycles. The maximum Gasteiger partial charge on any atom is 0.218 e. The third-order valence-corrected chi connectivity index (χ3v) is 1.35. The number of hydrogen-bond acceptors (Lipinski definition) is 2. The maximum atomic E-state index is 10.3. The summed E-state index contributed by atoms with van der Waals surface area (Å²) in [6.45, 7) is 0.482. The Morgan fingerprint density at radius 3 is 2.21 bits per heavy atom. The van der Waals surface area contributed by atoms with Gasteiger partial charge < -0.3 is 22.9 Å². The van der Waals surface area contributed by atoms with Gasteiger partial charge in [0.15, 0.2) is 5.96 Å². The van der Waals surface area contributed by atoms with Gasteiger partial charge in [-0.05, 0) is 12.8 Å². The zero-order valence-electron chi connectivity index (χ0n) is 7.94. The van der Waals surface area contributed by atoms with Gasteiger partial charge in [-0.1, -0.05) is 0 Å². The van der Waals surface area contributed by atoms with E-state index in [2.05, 4.69) is 9.98 Å². The Morgan fingerprint density at radius 1 is 1.07 bits per heavy atom. The Labute approximate surface area is 82.2 Å². The van der Waals surface area contributed by atoms with Gasteiger partial charge >= 0.3 is 0 Å². The number of rotatable bonds is 5. The fourth-order valence-electron chi connectivity index (χ4n) is 0.772. The van der Waals surface area contributed by atoms with Crippen LogP contribution < -0.4 is 22.9 Å². The quantitative estimate of drug-likeness (QED) is 0.236. The van der Waals surface area contributed by atoms with Crippen LogP contribution in [0, 0.1) is 0 Å². The Bertz CT molecular complexity index is 243. The van der Waals surface area contributed by atoms with Crippen LogP contribution in [-0.4, -0.2) is 24.4 Å². The summed E-state index contributed by atoms with van der Waals surface area (Å²) in [5.41, 5.74) is 20.4. The molecule has 0 aliphatic heterocycles. The summed E-state index contributed by atoms with van der Waals surface area (Å²) in [6, 6.07) is 0. The zero-order valence-corrected chi connectivity index (χ0v) is 7.94. The van der Waals surface area contributed by atoms with Crippen LogP contribution in [0.25, 0.3) is 0 Å². The standard InChI is InChI=1S/C7H16N6O/c8-5(14)3-1-2-4-12-7(11)13-6(9)10/h1-4H2,(H2,8,14)(H6,9,10,11,12,13). The van der Waals surface area contributed by atoms with Gasteiger partial charge in [-0.25, -0.2) is 0 Å². The van der Waals surface area contributed by atoms with Gasteiger partial charge in [0, 0.05) is 13.0 Å². The Morgan fingerprint density at radius 2 is 1.71 bits per heavy atom. The van der Waals surface area contributed by atoms with Crippen molar-refractivity contribution in [3.05, 3.63) is 0 Å². The van der Waals surface area contributed by atoms with Crippen molar-refractivity contribution in [1.82, 2.24) is 0 Å². The lowest BCUT2D eigenvalue weighted by molar-refractivity contribution is -0.118. The van der Waals surface area contributed by atoms with Crippen LogP contribution in [0.2, 0.25) is 0 Å². The van der Waals surface area contributed by atoms with Gasteiger partial charge in [-0.15, -0.1) is 0 Å². The summed E-state index contributed by atoms with van der Waals surface area (Å²) >= 11 is 0. The van der Waals surface area contributed by atoms with E-state index < -0.39 is 0 Å². The molecule has 0 saturated carbocycles. The third-order valence-electron chi connectivity index (χ3n) is 1.35. The van der Waals surface area contributed by atoms with Gasteiger partial charge in [0.2, 0.25) is 11.9 Å². The second-order valence-electron chi connectivity index (χ2n) is 2.70. The number of hydrogen-bond donors (Lipinski definition) is 4. The summed E-state index contributed by atoms with van der Waals surface area (Å²) in [7, 11) is 0. The van der Waals surface area contributed by atoms with Crippen LogP contribution in [0.1, 0.15) is 19.3 Å². The molecule has 0 aromatic rings. The molecule has 0 atom stereocenters. The van der Waals surface area contributed by atoms with Crippen LogP contribution in [0.5, 0.6) is 0 Å². The number of unbranched alkanes of at least 4 members (excludes halogenated alkanes) is 1. The first-order valence-corrected chi connectivity index (χ1v) is 4.20. The van der Waals surface area contributed by atoms with Crippen molar-refractivity contribution in [1.29, 1.82) is 0 Å². The molecule has 0 heterocycles. The van der Waals surface area contributed by atoms with Gasteiger partial charge in [0.25, 0.3) is 0 Å². The van der Waals surface area contributed by atoms with E-state index in [0.29, 0.717) is 19.4 Å². The maximum absolute atomic E-state index is 10.3. The van der Waals surface area contributed by atoms with E-state index in [-0.39, 0.29) is 17.8 Å². The Hall–Kier alpha value is -1.79. The van der Waals surface area contributed by atoms with E-state index in [4.69, 9.17) is 22.9 Å². The molecule has 0 aromatic carbocycles. The molecule has 8 N–H and O–H groups in total. The molecule has 0 aliphatic carbocycles. The molecule has 1 amide bonds. The number of carbonyl (C=O) groups excluding carboxylic acids is 1. The van der Waals surface area contributed by atoms with Crippen LogP contribution in [0.3, 0.4) is 0 Å². The first-order chi connectivity index (χ1) is 6.52. The summed E-state index contributed by atoms with van der Waals surface area (Å²) in [5.74, 6) is -0.390. The van der Waals surface area contributed by atoms with E-state index in [9.17, 15) is 4.79 Å². The molecule has 0 fully saturated rings. The van der Waals surface area contributed by atoms with Gasteiger partial charge in [0.05, 0.1) is 0 Å². The summed E-state index contributed by atoms with van der Waals surface area (Å²) in [5, 5.41) is 0. The number of nitrogens with zero attached hydrogens (tertiary/aromatic N) is 2. The molecule has 0 bridgehead atoms. The van der Waals surface area contributed by atoms with Crippen molar-refractivity contribution < 1.29 is 4.79 Å².